The number of rotatable bonds is 6. The Balaban J connectivity index is 1.73. The number of ether oxygens (including phenoxy) is 1. The molecule has 1 nitrogen and oxygen atoms in total. The number of hydrogen-bond acceptors (Lipinski definition) is 1. The van der Waals surface area contributed by atoms with E-state index in [1.54, 1.807) is 0 Å². The third-order valence-electron chi connectivity index (χ3n) is 3.85. The van der Waals surface area contributed by atoms with Crippen LogP contribution in [0, 0.1) is 5.92 Å². The summed E-state index contributed by atoms with van der Waals surface area (Å²) < 4.78 is 5.95. The highest BCUT2D eigenvalue weighted by molar-refractivity contribution is 9.09. The maximum Gasteiger partial charge on any atom is 0.0542 e. The van der Waals surface area contributed by atoms with Crippen LogP contribution < -0.4 is 0 Å². The average molecular weight is 311 g/mol. The highest BCUT2D eigenvalue weighted by atomic mass is 79.9. The van der Waals surface area contributed by atoms with Crippen molar-refractivity contribution in [1.82, 2.24) is 0 Å². The lowest BCUT2D eigenvalue weighted by molar-refractivity contribution is 0.0784. The number of halogens is 1. The second kappa shape index (κ2) is 7.96. The van der Waals surface area contributed by atoms with E-state index in [1.807, 2.05) is 0 Å². The fraction of sp³-hybridized carbons (Fsp3) is 0.625. The lowest BCUT2D eigenvalue weighted by Gasteiger charge is -2.22. The van der Waals surface area contributed by atoms with Crippen molar-refractivity contribution in [2.24, 2.45) is 5.92 Å². The van der Waals surface area contributed by atoms with Crippen LogP contribution >= 0.6 is 15.9 Å². The molecule has 0 amide bonds. The number of alkyl halides is 1. The predicted molar refractivity (Wildman–Crippen MR) is 80.4 cm³/mol. The summed E-state index contributed by atoms with van der Waals surface area (Å²) in [5, 5.41) is 0.974. The Morgan fingerprint density at radius 3 is 2.50 bits per heavy atom. The van der Waals surface area contributed by atoms with Crippen LogP contribution in [0.3, 0.4) is 0 Å². The Kier molecular flexibility index (Phi) is 6.22. The monoisotopic (exact) mass is 310 g/mol. The second-order valence-corrected chi connectivity index (χ2v) is 5.95. The summed E-state index contributed by atoms with van der Waals surface area (Å²) in [6, 6.07) is 10.7. The molecule has 0 heterocycles. The SMILES string of the molecule is BrCC(COCC1CCCCC1)c1ccccc1. The van der Waals surface area contributed by atoms with Crippen LogP contribution in [0.25, 0.3) is 0 Å². The maximum absolute atomic E-state index is 5.95. The highest BCUT2D eigenvalue weighted by Crippen LogP contribution is 2.25. The third-order valence-corrected chi connectivity index (χ3v) is 4.64. The summed E-state index contributed by atoms with van der Waals surface area (Å²) >= 11 is 3.60. The van der Waals surface area contributed by atoms with Crippen molar-refractivity contribution in [3.63, 3.8) is 0 Å². The Morgan fingerprint density at radius 2 is 1.83 bits per heavy atom. The fourth-order valence-electron chi connectivity index (χ4n) is 2.69. The number of hydrogen-bond donors (Lipinski definition) is 0. The van der Waals surface area contributed by atoms with Gasteiger partial charge in [0.05, 0.1) is 6.61 Å². The molecule has 1 aliphatic carbocycles. The van der Waals surface area contributed by atoms with Crippen LogP contribution in [0.2, 0.25) is 0 Å². The molecule has 0 saturated heterocycles. The van der Waals surface area contributed by atoms with Crippen molar-refractivity contribution < 1.29 is 4.74 Å². The minimum Gasteiger partial charge on any atom is -0.380 e. The van der Waals surface area contributed by atoms with Gasteiger partial charge in [0.25, 0.3) is 0 Å². The smallest absolute Gasteiger partial charge is 0.0542 e. The first-order chi connectivity index (χ1) is 8.90. The van der Waals surface area contributed by atoms with E-state index in [0.717, 1.165) is 24.5 Å². The molecule has 1 saturated carbocycles. The maximum atomic E-state index is 5.95. The second-order valence-electron chi connectivity index (χ2n) is 5.30. The molecule has 0 radical (unpaired) electrons. The van der Waals surface area contributed by atoms with Crippen LogP contribution in [0.4, 0.5) is 0 Å². The molecule has 0 spiro atoms. The van der Waals surface area contributed by atoms with Gasteiger partial charge >= 0.3 is 0 Å². The van der Waals surface area contributed by atoms with E-state index in [4.69, 9.17) is 4.74 Å². The molecular formula is C16H23BrO. The van der Waals surface area contributed by atoms with Gasteiger partial charge in [-0.3, -0.25) is 0 Å². The first kappa shape index (κ1) is 14.1. The van der Waals surface area contributed by atoms with E-state index < -0.39 is 0 Å². The molecule has 0 N–H and O–H groups in total. The molecule has 1 aliphatic rings. The molecule has 0 aromatic heterocycles. The van der Waals surface area contributed by atoms with Crippen molar-refractivity contribution in [1.29, 1.82) is 0 Å². The first-order valence-electron chi connectivity index (χ1n) is 7.09. The molecular weight excluding hydrogens is 288 g/mol. The molecule has 1 aromatic carbocycles. The Morgan fingerprint density at radius 1 is 1.11 bits per heavy atom. The molecule has 0 aliphatic heterocycles. The van der Waals surface area contributed by atoms with Crippen molar-refractivity contribution >= 4 is 15.9 Å². The van der Waals surface area contributed by atoms with Gasteiger partial charge in [-0.1, -0.05) is 65.5 Å². The van der Waals surface area contributed by atoms with Gasteiger partial charge in [0.2, 0.25) is 0 Å². The molecule has 1 atom stereocenters. The quantitative estimate of drug-likeness (QED) is 0.688. The Labute approximate surface area is 119 Å². The molecule has 100 valence electrons. The zero-order valence-corrected chi connectivity index (χ0v) is 12.6. The Bertz CT molecular complexity index is 319. The molecule has 2 rings (SSSR count). The van der Waals surface area contributed by atoms with Gasteiger partial charge in [0, 0.05) is 17.9 Å². The van der Waals surface area contributed by atoms with Crippen molar-refractivity contribution in [3.05, 3.63) is 35.9 Å². The molecule has 1 fully saturated rings. The first-order valence-corrected chi connectivity index (χ1v) is 8.21. The standard InChI is InChI=1S/C16H23BrO/c17-11-16(15-9-5-2-6-10-15)13-18-12-14-7-3-1-4-8-14/h2,5-6,9-10,14,16H,1,3-4,7-8,11-13H2. The van der Waals surface area contributed by atoms with E-state index in [-0.39, 0.29) is 0 Å². The van der Waals surface area contributed by atoms with Gasteiger partial charge in [-0.25, -0.2) is 0 Å². The summed E-state index contributed by atoms with van der Waals surface area (Å²) in [6.07, 6.45) is 6.95. The van der Waals surface area contributed by atoms with Gasteiger partial charge in [-0.05, 0) is 24.3 Å². The molecule has 1 unspecified atom stereocenters. The van der Waals surface area contributed by atoms with Crippen LogP contribution in [0.15, 0.2) is 30.3 Å². The van der Waals surface area contributed by atoms with Crippen molar-refractivity contribution in [3.8, 4) is 0 Å². The molecule has 0 bridgehead atoms. The van der Waals surface area contributed by atoms with Gasteiger partial charge in [-0.15, -0.1) is 0 Å². The molecule has 1 aromatic rings. The largest absolute Gasteiger partial charge is 0.380 e. The van der Waals surface area contributed by atoms with E-state index in [2.05, 4.69) is 46.3 Å². The fourth-order valence-corrected chi connectivity index (χ4v) is 3.25. The van der Waals surface area contributed by atoms with E-state index >= 15 is 0 Å². The molecule has 2 heteroatoms. The summed E-state index contributed by atoms with van der Waals surface area (Å²) in [5.41, 5.74) is 1.37. The van der Waals surface area contributed by atoms with E-state index in [0.29, 0.717) is 5.92 Å². The van der Waals surface area contributed by atoms with Crippen LogP contribution in [-0.2, 0) is 4.74 Å². The van der Waals surface area contributed by atoms with Crippen molar-refractivity contribution in [2.75, 3.05) is 18.5 Å². The van der Waals surface area contributed by atoms with Crippen LogP contribution in [0.1, 0.15) is 43.6 Å². The third kappa shape index (κ3) is 4.40. The summed E-state index contributed by atoms with van der Waals surface area (Å²) in [4.78, 5) is 0. The van der Waals surface area contributed by atoms with Gasteiger partial charge in [0.15, 0.2) is 0 Å². The van der Waals surface area contributed by atoms with E-state index in [1.165, 1.54) is 37.7 Å². The van der Waals surface area contributed by atoms with Crippen LogP contribution in [-0.4, -0.2) is 18.5 Å². The predicted octanol–water partition coefficient (Wildman–Crippen LogP) is 4.76. The van der Waals surface area contributed by atoms with Crippen molar-refractivity contribution in [2.45, 2.75) is 38.0 Å². The van der Waals surface area contributed by atoms with Gasteiger partial charge in [0.1, 0.15) is 0 Å². The summed E-state index contributed by atoms with van der Waals surface area (Å²) in [6.45, 7) is 1.79. The zero-order valence-electron chi connectivity index (χ0n) is 11.0. The topological polar surface area (TPSA) is 9.23 Å². The van der Waals surface area contributed by atoms with Gasteiger partial charge in [-0.2, -0.15) is 0 Å². The Hall–Kier alpha value is -0.340. The molecule has 18 heavy (non-hydrogen) atoms. The van der Waals surface area contributed by atoms with Gasteiger partial charge < -0.3 is 4.74 Å². The summed E-state index contributed by atoms with van der Waals surface area (Å²) in [7, 11) is 0. The lowest BCUT2D eigenvalue weighted by atomic mass is 9.90. The highest BCUT2D eigenvalue weighted by Gasteiger charge is 2.15. The normalized spacial score (nSPS) is 18.7. The average Bonchev–Trinajstić information content (AvgIpc) is 2.46. The zero-order chi connectivity index (χ0) is 12.6. The minimum atomic E-state index is 0.481. The van der Waals surface area contributed by atoms with Crippen LogP contribution in [0.5, 0.6) is 0 Å². The van der Waals surface area contributed by atoms with E-state index in [9.17, 15) is 0 Å². The minimum absolute atomic E-state index is 0.481. The number of benzene rings is 1. The lowest BCUT2D eigenvalue weighted by Crippen LogP contribution is -2.17. The summed E-state index contributed by atoms with van der Waals surface area (Å²) in [5.74, 6) is 1.29.